The van der Waals surface area contributed by atoms with Crippen LogP contribution in [0.1, 0.15) is 11.1 Å². The zero-order valence-corrected chi connectivity index (χ0v) is 25.1. The summed E-state index contributed by atoms with van der Waals surface area (Å²) < 4.78 is 15.7. The van der Waals surface area contributed by atoms with Crippen molar-refractivity contribution in [2.45, 2.75) is 13.8 Å². The fourth-order valence-corrected chi connectivity index (χ4v) is 11.2. The van der Waals surface area contributed by atoms with Gasteiger partial charge in [-0.05, 0) is 59.9 Å². The van der Waals surface area contributed by atoms with Gasteiger partial charge in [0.25, 0.3) is 0 Å². The molecule has 0 unspecified atom stereocenters. The lowest BCUT2D eigenvalue weighted by atomic mass is 9.96. The van der Waals surface area contributed by atoms with Gasteiger partial charge >= 0.3 is 0 Å². The smallest absolute Gasteiger partial charge is 0.171 e. The van der Waals surface area contributed by atoms with Gasteiger partial charge in [0, 0.05) is 15.9 Å². The van der Waals surface area contributed by atoms with Crippen molar-refractivity contribution >= 4 is 46.9 Å². The lowest BCUT2D eigenvalue weighted by Gasteiger charge is -2.28. The van der Waals surface area contributed by atoms with Crippen molar-refractivity contribution in [1.29, 1.82) is 0 Å². The van der Waals surface area contributed by atoms with E-state index in [1.54, 1.807) is 0 Å². The molecule has 0 bridgehead atoms. The van der Waals surface area contributed by atoms with Crippen LogP contribution in [0.4, 0.5) is 0 Å². The molecule has 1 nitrogen and oxygen atoms in total. The summed E-state index contributed by atoms with van der Waals surface area (Å²) in [6.07, 6.45) is 0. The maximum atomic E-state index is 15.7. The molecule has 200 valence electrons. The second kappa shape index (κ2) is 11.8. The van der Waals surface area contributed by atoms with E-state index in [2.05, 4.69) is 111 Å². The van der Waals surface area contributed by atoms with Gasteiger partial charge in [-0.2, -0.15) is 0 Å². The van der Waals surface area contributed by atoms with Crippen LogP contribution in [0.25, 0.3) is 11.1 Å². The van der Waals surface area contributed by atoms with Crippen molar-refractivity contribution in [3.63, 3.8) is 0 Å². The lowest BCUT2D eigenvalue weighted by Crippen LogP contribution is -2.29. The summed E-state index contributed by atoms with van der Waals surface area (Å²) in [5, 5.41) is 6.46. The Morgan fingerprint density at radius 3 is 1.34 bits per heavy atom. The van der Waals surface area contributed by atoms with Crippen molar-refractivity contribution < 1.29 is 4.57 Å². The quantitative estimate of drug-likeness (QED) is 0.185. The van der Waals surface area contributed by atoms with Crippen LogP contribution < -0.4 is 31.8 Å². The number of benzene rings is 6. The average Bonchev–Trinajstić information content (AvgIpc) is 3.03. The van der Waals surface area contributed by atoms with Gasteiger partial charge in [0.1, 0.15) is 0 Å². The number of aryl methyl sites for hydroxylation is 2. The Kier molecular flexibility index (Phi) is 7.84. The Hall–Kier alpha value is -4.02. The van der Waals surface area contributed by atoms with Gasteiger partial charge in [0.2, 0.25) is 0 Å². The van der Waals surface area contributed by atoms with E-state index in [1.165, 1.54) is 27.0 Å². The molecule has 0 saturated carbocycles. The van der Waals surface area contributed by atoms with Crippen molar-refractivity contribution in [3.8, 4) is 11.1 Å². The second-order valence-electron chi connectivity index (χ2n) is 10.2. The molecular weight excluding hydrogens is 534 g/mol. The Morgan fingerprint density at radius 1 is 0.439 bits per heavy atom. The Bertz CT molecular complexity index is 1730. The molecule has 0 N–H and O–H groups in total. The SMILES string of the molecule is Cc1cccc(P(c2ccccc2)c2ccccc2)c1-c1c(C)cccc1P(=O)(c1ccccc1)c1ccccc1. The number of hydrogen-bond donors (Lipinski definition) is 0. The van der Waals surface area contributed by atoms with Gasteiger partial charge in [-0.15, -0.1) is 0 Å². The predicted octanol–water partition coefficient (Wildman–Crippen LogP) is 7.37. The van der Waals surface area contributed by atoms with Gasteiger partial charge in [-0.1, -0.05) is 158 Å². The third-order valence-corrected chi connectivity index (χ3v) is 13.2. The van der Waals surface area contributed by atoms with E-state index >= 15 is 4.57 Å². The predicted molar refractivity (Wildman–Crippen MR) is 179 cm³/mol. The monoisotopic (exact) mass is 566 g/mol. The summed E-state index contributed by atoms with van der Waals surface area (Å²) in [6.45, 7) is 4.34. The van der Waals surface area contributed by atoms with E-state index in [9.17, 15) is 0 Å². The molecule has 0 fully saturated rings. The second-order valence-corrected chi connectivity index (χ2v) is 15.1. The molecule has 0 saturated heterocycles. The van der Waals surface area contributed by atoms with E-state index in [4.69, 9.17) is 0 Å². The molecule has 6 aromatic carbocycles. The van der Waals surface area contributed by atoms with E-state index in [-0.39, 0.29) is 0 Å². The van der Waals surface area contributed by atoms with Crippen LogP contribution in [0.15, 0.2) is 158 Å². The highest BCUT2D eigenvalue weighted by atomic mass is 31.2. The summed E-state index contributed by atoms with van der Waals surface area (Å²) in [5.74, 6) is 0. The molecule has 3 heteroatoms. The standard InChI is InChI=1S/C38H32OP2/c1-29-17-15-27-35(40(31-19-7-3-8-20-31)32-21-9-4-10-22-32)37(29)38-30(2)18-16-28-36(38)41(39,33-23-11-5-12-24-33)34-25-13-6-14-26-34/h3-28H,1-2H3. The first-order valence-corrected chi connectivity index (χ1v) is 17.0. The average molecular weight is 567 g/mol. The van der Waals surface area contributed by atoms with Crippen molar-refractivity contribution in [2.24, 2.45) is 0 Å². The Balaban J connectivity index is 1.69. The first-order valence-electron chi connectivity index (χ1n) is 13.9. The van der Waals surface area contributed by atoms with Gasteiger partial charge in [0.15, 0.2) is 7.14 Å². The van der Waals surface area contributed by atoms with E-state index in [0.717, 1.165) is 27.0 Å². The van der Waals surface area contributed by atoms with E-state index in [1.807, 2.05) is 60.7 Å². The first kappa shape index (κ1) is 27.2. The van der Waals surface area contributed by atoms with Crippen LogP contribution in [0.2, 0.25) is 0 Å². The van der Waals surface area contributed by atoms with Crippen molar-refractivity contribution in [1.82, 2.24) is 0 Å². The first-order chi connectivity index (χ1) is 20.1. The minimum Gasteiger partial charge on any atom is -0.309 e. The van der Waals surface area contributed by atoms with Crippen LogP contribution in [0, 0.1) is 13.8 Å². The molecule has 0 atom stereocenters. The largest absolute Gasteiger partial charge is 0.309 e. The van der Waals surface area contributed by atoms with Gasteiger partial charge in [-0.3, -0.25) is 0 Å². The third-order valence-electron chi connectivity index (χ3n) is 7.60. The molecule has 0 amide bonds. The fraction of sp³-hybridized carbons (Fsp3) is 0.0526. The molecule has 0 aliphatic carbocycles. The molecule has 6 aromatic rings. The minimum atomic E-state index is -3.21. The summed E-state index contributed by atoms with van der Waals surface area (Å²) in [6, 6.07) is 54.5. The molecule has 0 radical (unpaired) electrons. The van der Waals surface area contributed by atoms with Gasteiger partial charge < -0.3 is 4.57 Å². The molecular formula is C38H32OP2. The number of rotatable bonds is 7. The van der Waals surface area contributed by atoms with Gasteiger partial charge in [0.05, 0.1) is 0 Å². The molecule has 0 spiro atoms. The van der Waals surface area contributed by atoms with Crippen LogP contribution in [0.3, 0.4) is 0 Å². The van der Waals surface area contributed by atoms with Crippen molar-refractivity contribution in [3.05, 3.63) is 169 Å². The minimum absolute atomic E-state index is 0.849. The topological polar surface area (TPSA) is 17.1 Å². The molecule has 6 rings (SSSR count). The number of hydrogen-bond acceptors (Lipinski definition) is 1. The summed E-state index contributed by atoms with van der Waals surface area (Å²) in [4.78, 5) is 0. The van der Waals surface area contributed by atoms with Crippen LogP contribution in [-0.2, 0) is 4.57 Å². The maximum Gasteiger partial charge on any atom is 0.171 e. The van der Waals surface area contributed by atoms with Crippen molar-refractivity contribution in [2.75, 3.05) is 0 Å². The fourth-order valence-electron chi connectivity index (χ4n) is 5.69. The van der Waals surface area contributed by atoms with Crippen LogP contribution in [0.5, 0.6) is 0 Å². The van der Waals surface area contributed by atoms with E-state index in [0.29, 0.717) is 0 Å². The summed E-state index contributed by atoms with van der Waals surface area (Å²) >= 11 is 0. The highest BCUT2D eigenvalue weighted by molar-refractivity contribution is 7.85. The Morgan fingerprint density at radius 2 is 0.854 bits per heavy atom. The highest BCUT2D eigenvalue weighted by Gasteiger charge is 2.34. The Labute approximate surface area is 244 Å². The zero-order chi connectivity index (χ0) is 28.2. The van der Waals surface area contributed by atoms with E-state index < -0.39 is 15.1 Å². The lowest BCUT2D eigenvalue weighted by molar-refractivity contribution is 0.592. The van der Waals surface area contributed by atoms with Gasteiger partial charge in [-0.25, -0.2) is 0 Å². The maximum absolute atomic E-state index is 15.7. The van der Waals surface area contributed by atoms with Crippen LogP contribution >= 0.6 is 15.1 Å². The zero-order valence-electron chi connectivity index (χ0n) is 23.3. The molecule has 0 aromatic heterocycles. The van der Waals surface area contributed by atoms with Crippen LogP contribution in [-0.4, -0.2) is 0 Å². The third kappa shape index (κ3) is 5.13. The molecule has 0 aliphatic rings. The summed E-state index contributed by atoms with van der Waals surface area (Å²) in [7, 11) is -4.08. The normalized spacial score (nSPS) is 11.5. The summed E-state index contributed by atoms with van der Waals surface area (Å²) in [5.41, 5.74) is 4.58. The molecule has 41 heavy (non-hydrogen) atoms. The molecule has 0 aliphatic heterocycles. The molecule has 0 heterocycles. The highest BCUT2D eigenvalue weighted by Crippen LogP contribution is 2.47.